The summed E-state index contributed by atoms with van der Waals surface area (Å²) in [4.78, 5) is 4.49. The minimum Gasteiger partial charge on any atom is -0.300 e. The molecule has 0 aliphatic heterocycles. The lowest BCUT2D eigenvalue weighted by Gasteiger charge is -2.12. The van der Waals surface area contributed by atoms with E-state index < -0.39 is 21.9 Å². The molecule has 3 N–H and O–H groups in total. The average molecular weight is 262 g/mol. The lowest BCUT2D eigenvalue weighted by molar-refractivity contribution is 0.0702. The van der Waals surface area contributed by atoms with Gasteiger partial charge in [-0.3, -0.25) is 0 Å². The van der Waals surface area contributed by atoms with E-state index in [4.69, 9.17) is 5.90 Å². The fraction of sp³-hybridized carbons (Fsp3) is 0.400. The van der Waals surface area contributed by atoms with Crippen molar-refractivity contribution in [3.63, 3.8) is 0 Å². The molecule has 1 aromatic carbocycles. The number of rotatable bonds is 5. The molecule has 1 atom stereocenters. The Morgan fingerprint density at radius 3 is 2.71 bits per heavy atom. The van der Waals surface area contributed by atoms with Crippen molar-refractivity contribution < 1.29 is 17.6 Å². The number of halogens is 1. The molecule has 0 aliphatic carbocycles. The molecule has 17 heavy (non-hydrogen) atoms. The van der Waals surface area contributed by atoms with Crippen LogP contribution < -0.4 is 10.6 Å². The van der Waals surface area contributed by atoms with Gasteiger partial charge in [-0.2, -0.15) is 0 Å². The fourth-order valence-electron chi connectivity index (χ4n) is 1.27. The number of aryl methyl sites for hydroxylation is 1. The van der Waals surface area contributed by atoms with E-state index >= 15 is 0 Å². The molecule has 0 amide bonds. The maximum absolute atomic E-state index is 12.9. The molecule has 1 aromatic rings. The van der Waals surface area contributed by atoms with E-state index in [0.29, 0.717) is 5.56 Å². The summed E-state index contributed by atoms with van der Waals surface area (Å²) in [6.07, 6.45) is -0.439. The zero-order valence-electron chi connectivity index (χ0n) is 9.60. The molecule has 0 saturated carbocycles. The molecule has 1 unspecified atom stereocenters. The minimum absolute atomic E-state index is 0.0446. The first-order chi connectivity index (χ1) is 7.86. The van der Waals surface area contributed by atoms with E-state index in [-0.39, 0.29) is 11.4 Å². The van der Waals surface area contributed by atoms with Gasteiger partial charge in [0.1, 0.15) is 5.82 Å². The lowest BCUT2D eigenvalue weighted by atomic mass is 10.2. The molecular formula is C10H15FN2O3S. The van der Waals surface area contributed by atoms with Crippen LogP contribution in [0.4, 0.5) is 4.39 Å². The Labute approximate surface area is 99.8 Å². The summed E-state index contributed by atoms with van der Waals surface area (Å²) < 4.78 is 38.9. The van der Waals surface area contributed by atoms with Crippen LogP contribution in [-0.2, 0) is 14.9 Å². The quantitative estimate of drug-likeness (QED) is 0.765. The van der Waals surface area contributed by atoms with Gasteiger partial charge >= 0.3 is 0 Å². The Kier molecular flexibility index (Phi) is 4.58. The second kappa shape index (κ2) is 5.54. The molecule has 0 bridgehead atoms. The van der Waals surface area contributed by atoms with Crippen molar-refractivity contribution in [3.8, 4) is 0 Å². The highest BCUT2D eigenvalue weighted by molar-refractivity contribution is 7.89. The van der Waals surface area contributed by atoms with Crippen LogP contribution >= 0.6 is 0 Å². The van der Waals surface area contributed by atoms with E-state index in [1.807, 2.05) is 0 Å². The van der Waals surface area contributed by atoms with Crippen molar-refractivity contribution in [3.05, 3.63) is 29.6 Å². The number of nitrogens with two attached hydrogens (primary N) is 1. The van der Waals surface area contributed by atoms with Crippen molar-refractivity contribution >= 4 is 10.0 Å². The third kappa shape index (κ3) is 3.74. The van der Waals surface area contributed by atoms with Crippen LogP contribution in [0.5, 0.6) is 0 Å². The summed E-state index contributed by atoms with van der Waals surface area (Å²) >= 11 is 0. The van der Waals surface area contributed by atoms with Gasteiger partial charge in [0.15, 0.2) is 0 Å². The van der Waals surface area contributed by atoms with Crippen LogP contribution in [0.15, 0.2) is 23.1 Å². The zero-order chi connectivity index (χ0) is 13.1. The number of nitrogens with one attached hydrogen (secondary N) is 1. The first-order valence-corrected chi connectivity index (χ1v) is 6.46. The Hall–Kier alpha value is -1.02. The Morgan fingerprint density at radius 1 is 1.53 bits per heavy atom. The monoisotopic (exact) mass is 262 g/mol. The Morgan fingerprint density at radius 2 is 2.18 bits per heavy atom. The fourth-order valence-corrected chi connectivity index (χ4v) is 2.61. The van der Waals surface area contributed by atoms with Crippen LogP contribution in [-0.4, -0.2) is 21.1 Å². The summed E-state index contributed by atoms with van der Waals surface area (Å²) in [5.74, 6) is 4.43. The molecule has 0 saturated heterocycles. The summed E-state index contributed by atoms with van der Waals surface area (Å²) in [7, 11) is -3.67. The maximum Gasteiger partial charge on any atom is 0.240 e. The van der Waals surface area contributed by atoms with Crippen LogP contribution in [0, 0.1) is 12.7 Å². The zero-order valence-corrected chi connectivity index (χ0v) is 10.4. The molecule has 96 valence electrons. The van der Waals surface area contributed by atoms with Gasteiger partial charge in [0.25, 0.3) is 0 Å². The van der Waals surface area contributed by atoms with Gasteiger partial charge < -0.3 is 4.84 Å². The molecule has 0 aromatic heterocycles. The summed E-state index contributed by atoms with van der Waals surface area (Å²) in [6, 6.07) is 3.49. The smallest absolute Gasteiger partial charge is 0.240 e. The van der Waals surface area contributed by atoms with Gasteiger partial charge in [0, 0.05) is 6.54 Å². The molecule has 0 fully saturated rings. The highest BCUT2D eigenvalue weighted by Gasteiger charge is 2.17. The third-order valence-electron chi connectivity index (χ3n) is 2.22. The summed E-state index contributed by atoms with van der Waals surface area (Å²) in [5, 5.41) is 0. The third-order valence-corrected chi connectivity index (χ3v) is 3.80. The van der Waals surface area contributed by atoms with Gasteiger partial charge in [-0.05, 0) is 37.6 Å². The molecule has 0 radical (unpaired) electrons. The normalized spacial score (nSPS) is 13.6. The number of benzene rings is 1. The minimum atomic E-state index is -3.67. The van der Waals surface area contributed by atoms with Crippen molar-refractivity contribution in [2.75, 3.05) is 6.54 Å². The highest BCUT2D eigenvalue weighted by Crippen LogP contribution is 2.15. The lowest BCUT2D eigenvalue weighted by Crippen LogP contribution is -2.33. The van der Waals surface area contributed by atoms with Crippen LogP contribution in [0.3, 0.4) is 0 Å². The van der Waals surface area contributed by atoms with Crippen LogP contribution in [0.1, 0.15) is 12.5 Å². The Balaban J connectivity index is 2.90. The molecule has 0 aliphatic rings. The first kappa shape index (κ1) is 14.0. The topological polar surface area (TPSA) is 81.4 Å². The average Bonchev–Trinajstić information content (AvgIpc) is 2.25. The highest BCUT2D eigenvalue weighted by atomic mass is 32.2. The van der Waals surface area contributed by atoms with E-state index in [1.54, 1.807) is 6.92 Å². The van der Waals surface area contributed by atoms with Gasteiger partial charge in [-0.25, -0.2) is 23.4 Å². The van der Waals surface area contributed by atoms with Crippen molar-refractivity contribution in [1.29, 1.82) is 0 Å². The molecule has 1 rings (SSSR count). The summed E-state index contributed by atoms with van der Waals surface area (Å²) in [6.45, 7) is 3.20. The van der Waals surface area contributed by atoms with Crippen molar-refractivity contribution in [2.45, 2.75) is 24.8 Å². The van der Waals surface area contributed by atoms with E-state index in [0.717, 1.165) is 12.1 Å². The second-order valence-corrected chi connectivity index (χ2v) is 5.44. The number of hydrogen-bond donors (Lipinski definition) is 2. The van der Waals surface area contributed by atoms with Gasteiger partial charge in [-0.1, -0.05) is 0 Å². The number of sulfonamides is 1. The van der Waals surface area contributed by atoms with Crippen LogP contribution in [0.2, 0.25) is 0 Å². The standard InChI is InChI=1S/C10H15FN2O3S/c1-7-5-9(11)3-4-10(7)17(14,15)13-6-8(2)16-12/h3-5,8,13H,6,12H2,1-2H3. The van der Waals surface area contributed by atoms with Gasteiger partial charge in [-0.15, -0.1) is 0 Å². The molecule has 0 heterocycles. The predicted molar refractivity (Wildman–Crippen MR) is 61.1 cm³/mol. The van der Waals surface area contributed by atoms with Gasteiger partial charge in [0.05, 0.1) is 11.0 Å². The molecule has 5 nitrogen and oxygen atoms in total. The van der Waals surface area contributed by atoms with Crippen LogP contribution in [0.25, 0.3) is 0 Å². The van der Waals surface area contributed by atoms with E-state index in [2.05, 4.69) is 9.56 Å². The molecule has 0 spiro atoms. The number of hydrogen-bond acceptors (Lipinski definition) is 4. The SMILES string of the molecule is Cc1cc(F)ccc1S(=O)(=O)NCC(C)ON. The van der Waals surface area contributed by atoms with Gasteiger partial charge in [0.2, 0.25) is 10.0 Å². The second-order valence-electron chi connectivity index (χ2n) is 3.71. The van der Waals surface area contributed by atoms with Crippen molar-refractivity contribution in [2.24, 2.45) is 5.90 Å². The first-order valence-electron chi connectivity index (χ1n) is 4.98. The molecular weight excluding hydrogens is 247 g/mol. The van der Waals surface area contributed by atoms with E-state index in [9.17, 15) is 12.8 Å². The predicted octanol–water partition coefficient (Wildman–Crippen LogP) is 0.691. The maximum atomic E-state index is 12.9. The molecule has 7 heteroatoms. The largest absolute Gasteiger partial charge is 0.300 e. The summed E-state index contributed by atoms with van der Waals surface area (Å²) in [5.41, 5.74) is 0.346. The van der Waals surface area contributed by atoms with Crippen molar-refractivity contribution in [1.82, 2.24) is 4.72 Å². The van der Waals surface area contributed by atoms with E-state index in [1.165, 1.54) is 13.0 Å². The Bertz CT molecular complexity index is 490.